The van der Waals surface area contributed by atoms with E-state index in [0.29, 0.717) is 18.1 Å². The molecule has 0 radical (unpaired) electrons. The third kappa shape index (κ3) is 5.14. The van der Waals surface area contributed by atoms with E-state index in [0.717, 1.165) is 38.6 Å². The molecule has 4 aromatic rings. The molecule has 0 fully saturated rings. The van der Waals surface area contributed by atoms with Gasteiger partial charge in [-0.1, -0.05) is 6.07 Å². The normalized spacial score (nSPS) is 11.5. The zero-order chi connectivity index (χ0) is 22.7. The molecule has 3 N–H and O–H groups in total. The third-order valence-corrected chi connectivity index (χ3v) is 6.42. The summed E-state index contributed by atoms with van der Waals surface area (Å²) >= 11 is 2.86. The van der Waals surface area contributed by atoms with E-state index in [2.05, 4.69) is 30.9 Å². The molecule has 0 aliphatic rings. The second kappa shape index (κ2) is 9.09. The zero-order valence-electron chi connectivity index (χ0n) is 16.7. The maximum Gasteiger partial charge on any atom is 0.416 e. The molecule has 4 rings (SSSR count). The van der Waals surface area contributed by atoms with Crippen molar-refractivity contribution in [2.24, 2.45) is 0 Å². The van der Waals surface area contributed by atoms with E-state index < -0.39 is 17.8 Å². The number of alkyl halides is 3. The van der Waals surface area contributed by atoms with Crippen LogP contribution in [0.15, 0.2) is 42.2 Å². The van der Waals surface area contributed by atoms with Gasteiger partial charge in [0.1, 0.15) is 17.0 Å². The summed E-state index contributed by atoms with van der Waals surface area (Å²) in [6.07, 6.45) is -0.647. The number of anilines is 3. The first-order valence-electron chi connectivity index (χ1n) is 9.42. The number of thiophene rings is 1. The molecular formula is C20H17F3N6OS2. The summed E-state index contributed by atoms with van der Waals surface area (Å²) in [5, 5.41) is 11.6. The molecule has 166 valence electrons. The second-order valence-corrected chi connectivity index (χ2v) is 8.76. The van der Waals surface area contributed by atoms with Crippen molar-refractivity contribution in [3.8, 4) is 0 Å². The summed E-state index contributed by atoms with van der Waals surface area (Å²) in [5.41, 5.74) is 0.320. The molecule has 0 unspecified atom stereocenters. The topological polar surface area (TPSA) is 91.8 Å². The second-order valence-electron chi connectivity index (χ2n) is 6.79. The molecule has 1 aromatic carbocycles. The number of aromatic nitrogens is 3. The van der Waals surface area contributed by atoms with Crippen LogP contribution in [0.5, 0.6) is 0 Å². The summed E-state index contributed by atoms with van der Waals surface area (Å²) in [6, 6.07) is 3.76. The first kappa shape index (κ1) is 22.0. The SMILES string of the molecule is Cc1csc2ncnc(NCCc3cnc(NC(=O)Nc4cccc(C(F)(F)F)c4)s3)c12. The van der Waals surface area contributed by atoms with Gasteiger partial charge in [-0.15, -0.1) is 22.7 Å². The Morgan fingerprint density at radius 1 is 1.16 bits per heavy atom. The molecule has 0 saturated heterocycles. The Bertz CT molecular complexity index is 1250. The summed E-state index contributed by atoms with van der Waals surface area (Å²) in [5.74, 6) is 0.775. The van der Waals surface area contributed by atoms with Gasteiger partial charge < -0.3 is 10.6 Å². The van der Waals surface area contributed by atoms with Gasteiger partial charge in [0.05, 0.1) is 10.9 Å². The Morgan fingerprint density at radius 2 is 2.00 bits per heavy atom. The van der Waals surface area contributed by atoms with Gasteiger partial charge in [0.15, 0.2) is 5.13 Å². The predicted octanol–water partition coefficient (Wildman–Crippen LogP) is 5.77. The molecular weight excluding hydrogens is 461 g/mol. The number of hydrogen-bond acceptors (Lipinski definition) is 7. The minimum Gasteiger partial charge on any atom is -0.369 e. The van der Waals surface area contributed by atoms with Gasteiger partial charge in [-0.05, 0) is 36.1 Å². The van der Waals surface area contributed by atoms with Crippen LogP contribution in [0.4, 0.5) is 34.6 Å². The quantitative estimate of drug-likeness (QED) is 0.327. The van der Waals surface area contributed by atoms with E-state index in [1.54, 1.807) is 17.5 Å². The van der Waals surface area contributed by atoms with Crippen LogP contribution in [0.2, 0.25) is 0 Å². The van der Waals surface area contributed by atoms with Gasteiger partial charge >= 0.3 is 12.2 Å². The number of amides is 2. The molecule has 0 bridgehead atoms. The van der Waals surface area contributed by atoms with Crippen molar-refractivity contribution in [1.29, 1.82) is 0 Å². The third-order valence-electron chi connectivity index (χ3n) is 4.44. The molecule has 0 atom stereocenters. The summed E-state index contributed by atoms with van der Waals surface area (Å²) in [4.78, 5) is 26.7. The number of carbonyl (C=O) groups is 1. The molecule has 0 aliphatic heterocycles. The molecule has 0 aliphatic carbocycles. The van der Waals surface area contributed by atoms with Gasteiger partial charge in [0.2, 0.25) is 0 Å². The number of urea groups is 1. The predicted molar refractivity (Wildman–Crippen MR) is 121 cm³/mol. The number of aryl methyl sites for hydroxylation is 1. The lowest BCUT2D eigenvalue weighted by Gasteiger charge is -2.09. The van der Waals surface area contributed by atoms with Crippen LogP contribution in [0.25, 0.3) is 10.2 Å². The highest BCUT2D eigenvalue weighted by atomic mass is 32.1. The Balaban J connectivity index is 1.31. The maximum atomic E-state index is 12.8. The van der Waals surface area contributed by atoms with E-state index in [4.69, 9.17) is 0 Å². The van der Waals surface area contributed by atoms with Crippen LogP contribution in [-0.2, 0) is 12.6 Å². The number of carbonyl (C=O) groups excluding carboxylic acids is 1. The first-order chi connectivity index (χ1) is 15.3. The number of rotatable bonds is 6. The molecule has 0 saturated carbocycles. The number of nitrogens with zero attached hydrogens (tertiary/aromatic N) is 3. The highest BCUT2D eigenvalue weighted by Gasteiger charge is 2.30. The highest BCUT2D eigenvalue weighted by molar-refractivity contribution is 7.17. The lowest BCUT2D eigenvalue weighted by atomic mass is 10.2. The van der Waals surface area contributed by atoms with Crippen molar-refractivity contribution in [1.82, 2.24) is 15.0 Å². The maximum absolute atomic E-state index is 12.8. The molecule has 7 nitrogen and oxygen atoms in total. The molecule has 32 heavy (non-hydrogen) atoms. The molecule has 12 heteroatoms. The number of fused-ring (bicyclic) bond motifs is 1. The molecule has 2 amide bonds. The molecule has 3 aromatic heterocycles. The average molecular weight is 479 g/mol. The molecule has 0 spiro atoms. The Labute approximate surface area is 188 Å². The standard InChI is InChI=1S/C20H17F3N6OS2/c1-11-9-31-17-15(11)16(26-10-27-17)24-6-5-14-8-25-19(32-14)29-18(30)28-13-4-2-3-12(7-13)20(21,22)23/h2-4,7-10H,5-6H2,1H3,(H,24,26,27)(H2,25,28,29,30). The monoisotopic (exact) mass is 478 g/mol. The highest BCUT2D eigenvalue weighted by Crippen LogP contribution is 2.31. The lowest BCUT2D eigenvalue weighted by molar-refractivity contribution is -0.137. The largest absolute Gasteiger partial charge is 0.416 e. The van der Waals surface area contributed by atoms with Crippen LogP contribution in [0.3, 0.4) is 0 Å². The van der Waals surface area contributed by atoms with Crippen molar-refractivity contribution in [2.75, 3.05) is 22.5 Å². The van der Waals surface area contributed by atoms with Crippen molar-refractivity contribution in [3.05, 3.63) is 58.2 Å². The summed E-state index contributed by atoms with van der Waals surface area (Å²) in [7, 11) is 0. The van der Waals surface area contributed by atoms with Crippen LogP contribution in [-0.4, -0.2) is 27.5 Å². The Kier molecular flexibility index (Phi) is 6.24. The minimum absolute atomic E-state index is 0.0400. The van der Waals surface area contributed by atoms with Gasteiger partial charge in [-0.2, -0.15) is 13.2 Å². The van der Waals surface area contributed by atoms with Crippen molar-refractivity contribution < 1.29 is 18.0 Å². The van der Waals surface area contributed by atoms with Crippen LogP contribution in [0, 0.1) is 6.92 Å². The van der Waals surface area contributed by atoms with Crippen molar-refractivity contribution >= 4 is 55.6 Å². The average Bonchev–Trinajstić information content (AvgIpc) is 3.34. The van der Waals surface area contributed by atoms with Gasteiger partial charge in [-0.3, -0.25) is 5.32 Å². The van der Waals surface area contributed by atoms with Gasteiger partial charge in [0, 0.05) is 29.7 Å². The lowest BCUT2D eigenvalue weighted by Crippen LogP contribution is -2.19. The van der Waals surface area contributed by atoms with Crippen LogP contribution >= 0.6 is 22.7 Å². The summed E-state index contributed by atoms with van der Waals surface area (Å²) < 4.78 is 38.4. The molecule has 3 heterocycles. The number of thiazole rings is 1. The van der Waals surface area contributed by atoms with E-state index in [-0.39, 0.29) is 5.69 Å². The van der Waals surface area contributed by atoms with E-state index >= 15 is 0 Å². The fraction of sp³-hybridized carbons (Fsp3) is 0.200. The van der Waals surface area contributed by atoms with Gasteiger partial charge in [0.25, 0.3) is 0 Å². The number of hydrogen-bond donors (Lipinski definition) is 3. The number of halogens is 3. The zero-order valence-corrected chi connectivity index (χ0v) is 18.3. The van der Waals surface area contributed by atoms with Crippen molar-refractivity contribution in [3.63, 3.8) is 0 Å². The van der Waals surface area contributed by atoms with E-state index in [1.165, 1.54) is 29.8 Å². The summed E-state index contributed by atoms with van der Waals surface area (Å²) in [6.45, 7) is 2.62. The fourth-order valence-corrected chi connectivity index (χ4v) is 4.67. The van der Waals surface area contributed by atoms with E-state index in [9.17, 15) is 18.0 Å². The first-order valence-corrected chi connectivity index (χ1v) is 11.1. The number of benzene rings is 1. The van der Waals surface area contributed by atoms with Crippen molar-refractivity contribution in [2.45, 2.75) is 19.5 Å². The van der Waals surface area contributed by atoms with Crippen LogP contribution in [0.1, 0.15) is 16.0 Å². The Morgan fingerprint density at radius 3 is 2.81 bits per heavy atom. The number of nitrogens with one attached hydrogen (secondary N) is 3. The fourth-order valence-electron chi connectivity index (χ4n) is 2.97. The Hall–Kier alpha value is -3.25. The van der Waals surface area contributed by atoms with E-state index in [1.807, 2.05) is 12.3 Å². The van der Waals surface area contributed by atoms with Crippen LogP contribution < -0.4 is 16.0 Å². The smallest absolute Gasteiger partial charge is 0.369 e. The minimum atomic E-state index is -4.48. The van der Waals surface area contributed by atoms with Gasteiger partial charge in [-0.25, -0.2) is 19.7 Å².